The topological polar surface area (TPSA) is 49.4 Å². The number of anilines is 1. The Labute approximate surface area is 146 Å². The van der Waals surface area contributed by atoms with Crippen LogP contribution in [0, 0.1) is 11.7 Å². The number of halogens is 1. The Morgan fingerprint density at radius 3 is 2.64 bits per heavy atom. The summed E-state index contributed by atoms with van der Waals surface area (Å²) in [6, 6.07) is 12.6. The van der Waals surface area contributed by atoms with Gasteiger partial charge >= 0.3 is 0 Å². The molecule has 0 fully saturated rings. The van der Waals surface area contributed by atoms with Gasteiger partial charge in [0.2, 0.25) is 5.91 Å². The Bertz CT molecular complexity index is 804. The molecular formula is C20H21FN2O2. The smallest absolute Gasteiger partial charge is 0.255 e. The van der Waals surface area contributed by atoms with Gasteiger partial charge in [0.1, 0.15) is 11.9 Å². The summed E-state index contributed by atoms with van der Waals surface area (Å²) >= 11 is 0. The second-order valence-corrected chi connectivity index (χ2v) is 6.74. The molecule has 0 spiro atoms. The fraction of sp³-hybridized carbons (Fsp3) is 0.300. The molecule has 0 saturated carbocycles. The van der Waals surface area contributed by atoms with Crippen molar-refractivity contribution in [2.45, 2.75) is 32.9 Å². The second kappa shape index (κ2) is 7.05. The largest absolute Gasteiger partial charge is 0.324 e. The zero-order chi connectivity index (χ0) is 18.0. The molecule has 5 heteroatoms. The summed E-state index contributed by atoms with van der Waals surface area (Å²) in [5.74, 6) is -0.598. The molecule has 0 aromatic heterocycles. The third kappa shape index (κ3) is 3.71. The molecular weight excluding hydrogens is 319 g/mol. The van der Waals surface area contributed by atoms with Gasteiger partial charge in [0.25, 0.3) is 5.91 Å². The molecule has 25 heavy (non-hydrogen) atoms. The number of hydrogen-bond donors (Lipinski definition) is 1. The van der Waals surface area contributed by atoms with Crippen molar-refractivity contribution in [2.75, 3.05) is 5.32 Å². The van der Waals surface area contributed by atoms with Crippen LogP contribution in [0.25, 0.3) is 0 Å². The predicted molar refractivity (Wildman–Crippen MR) is 94.6 cm³/mol. The molecule has 3 rings (SSSR count). The van der Waals surface area contributed by atoms with E-state index in [2.05, 4.69) is 5.32 Å². The van der Waals surface area contributed by atoms with Crippen LogP contribution >= 0.6 is 0 Å². The number of amides is 2. The number of hydrogen-bond acceptors (Lipinski definition) is 2. The van der Waals surface area contributed by atoms with Gasteiger partial charge in [0.05, 0.1) is 0 Å². The van der Waals surface area contributed by atoms with E-state index in [4.69, 9.17) is 0 Å². The Kier molecular flexibility index (Phi) is 4.83. The summed E-state index contributed by atoms with van der Waals surface area (Å²) < 4.78 is 13.4. The van der Waals surface area contributed by atoms with Crippen molar-refractivity contribution in [3.05, 3.63) is 65.5 Å². The van der Waals surface area contributed by atoms with Gasteiger partial charge in [-0.1, -0.05) is 38.1 Å². The molecule has 130 valence electrons. The highest BCUT2D eigenvalue weighted by atomic mass is 19.1. The third-order valence-electron chi connectivity index (χ3n) is 4.32. The minimum absolute atomic E-state index is 0.129. The van der Waals surface area contributed by atoms with Crippen LogP contribution in [0.15, 0.2) is 48.5 Å². The lowest BCUT2D eigenvalue weighted by atomic mass is 10.0. The standard InChI is InChI=1S/C20H21FN2O2/c1-13(2)10-18(19(24)22-16-8-5-7-15(21)11-16)23-12-14-6-3-4-9-17(14)20(23)25/h3-9,11,13,18H,10,12H2,1-2H3,(H,22,24)/t18-/m0/s1. The molecule has 0 unspecified atom stereocenters. The van der Waals surface area contributed by atoms with Crippen LogP contribution < -0.4 is 5.32 Å². The van der Waals surface area contributed by atoms with Crippen molar-refractivity contribution in [3.63, 3.8) is 0 Å². The Morgan fingerprint density at radius 2 is 1.96 bits per heavy atom. The highest BCUT2D eigenvalue weighted by Crippen LogP contribution is 2.27. The average molecular weight is 340 g/mol. The van der Waals surface area contributed by atoms with Crippen LogP contribution in [0.1, 0.15) is 36.2 Å². The van der Waals surface area contributed by atoms with Crippen molar-refractivity contribution in [1.82, 2.24) is 4.90 Å². The quantitative estimate of drug-likeness (QED) is 0.899. The lowest BCUT2D eigenvalue weighted by Gasteiger charge is -2.28. The van der Waals surface area contributed by atoms with Crippen LogP contribution in [0.3, 0.4) is 0 Å². The normalized spacial score (nSPS) is 14.6. The minimum Gasteiger partial charge on any atom is -0.324 e. The highest BCUT2D eigenvalue weighted by molar-refractivity contribution is 6.03. The van der Waals surface area contributed by atoms with Gasteiger partial charge in [-0.3, -0.25) is 9.59 Å². The monoisotopic (exact) mass is 340 g/mol. The van der Waals surface area contributed by atoms with Crippen LogP contribution in [0.2, 0.25) is 0 Å². The third-order valence-corrected chi connectivity index (χ3v) is 4.32. The molecule has 1 aliphatic heterocycles. The molecule has 0 saturated heterocycles. The summed E-state index contributed by atoms with van der Waals surface area (Å²) in [5, 5.41) is 2.74. The van der Waals surface area contributed by atoms with Crippen LogP contribution in [-0.2, 0) is 11.3 Å². The molecule has 0 aliphatic carbocycles. The van der Waals surface area contributed by atoms with E-state index in [0.717, 1.165) is 5.56 Å². The molecule has 1 N–H and O–H groups in total. The van der Waals surface area contributed by atoms with Crippen LogP contribution in [0.4, 0.5) is 10.1 Å². The molecule has 1 heterocycles. The molecule has 2 aromatic carbocycles. The van der Waals surface area contributed by atoms with Crippen LogP contribution in [0.5, 0.6) is 0 Å². The fourth-order valence-electron chi connectivity index (χ4n) is 3.14. The zero-order valence-corrected chi connectivity index (χ0v) is 14.3. The van der Waals surface area contributed by atoms with E-state index in [-0.39, 0.29) is 17.7 Å². The van der Waals surface area contributed by atoms with E-state index < -0.39 is 11.9 Å². The van der Waals surface area contributed by atoms with E-state index in [9.17, 15) is 14.0 Å². The number of benzene rings is 2. The number of carbonyl (C=O) groups excluding carboxylic acids is 2. The first-order valence-corrected chi connectivity index (χ1v) is 8.41. The highest BCUT2D eigenvalue weighted by Gasteiger charge is 2.36. The molecule has 4 nitrogen and oxygen atoms in total. The lowest BCUT2D eigenvalue weighted by molar-refractivity contribution is -0.121. The van der Waals surface area contributed by atoms with E-state index in [1.165, 1.54) is 12.1 Å². The van der Waals surface area contributed by atoms with Gasteiger partial charge in [0, 0.05) is 17.8 Å². The number of rotatable bonds is 5. The molecule has 1 aliphatic rings. The van der Waals surface area contributed by atoms with Crippen LogP contribution in [-0.4, -0.2) is 22.8 Å². The van der Waals surface area contributed by atoms with Gasteiger partial charge in [-0.05, 0) is 42.2 Å². The first kappa shape index (κ1) is 17.1. The lowest BCUT2D eigenvalue weighted by Crippen LogP contribution is -2.45. The second-order valence-electron chi connectivity index (χ2n) is 6.74. The zero-order valence-electron chi connectivity index (χ0n) is 14.3. The summed E-state index contributed by atoms with van der Waals surface area (Å²) in [4.78, 5) is 27.1. The van der Waals surface area contributed by atoms with E-state index in [1.54, 1.807) is 23.1 Å². The van der Waals surface area contributed by atoms with Gasteiger partial charge in [-0.2, -0.15) is 0 Å². The van der Waals surface area contributed by atoms with Crippen molar-refractivity contribution < 1.29 is 14.0 Å². The maximum atomic E-state index is 13.4. The Hall–Kier alpha value is -2.69. The SMILES string of the molecule is CC(C)C[C@@H](C(=O)Nc1cccc(F)c1)N1Cc2ccccc2C1=O. The molecule has 0 bridgehead atoms. The minimum atomic E-state index is -0.594. The first-order valence-electron chi connectivity index (χ1n) is 8.41. The number of nitrogens with zero attached hydrogens (tertiary/aromatic N) is 1. The van der Waals surface area contributed by atoms with E-state index in [0.29, 0.717) is 24.2 Å². The summed E-state index contributed by atoms with van der Waals surface area (Å²) in [6.45, 7) is 4.44. The fourth-order valence-corrected chi connectivity index (χ4v) is 3.14. The summed E-state index contributed by atoms with van der Waals surface area (Å²) in [6.07, 6.45) is 0.543. The molecule has 2 amide bonds. The maximum absolute atomic E-state index is 13.4. The molecule has 0 radical (unpaired) electrons. The van der Waals surface area contributed by atoms with E-state index in [1.807, 2.05) is 32.0 Å². The average Bonchev–Trinajstić information content (AvgIpc) is 2.89. The number of fused-ring (bicyclic) bond motifs is 1. The molecule has 2 aromatic rings. The van der Waals surface area contributed by atoms with Gasteiger partial charge < -0.3 is 10.2 Å². The van der Waals surface area contributed by atoms with E-state index >= 15 is 0 Å². The summed E-state index contributed by atoms with van der Waals surface area (Å²) in [7, 11) is 0. The summed E-state index contributed by atoms with van der Waals surface area (Å²) in [5.41, 5.74) is 1.97. The predicted octanol–water partition coefficient (Wildman–Crippen LogP) is 3.83. The Balaban J connectivity index is 1.83. The Morgan fingerprint density at radius 1 is 1.20 bits per heavy atom. The first-order chi connectivity index (χ1) is 12.0. The van der Waals surface area contributed by atoms with Crippen molar-refractivity contribution in [2.24, 2.45) is 5.92 Å². The van der Waals surface area contributed by atoms with Crippen molar-refractivity contribution >= 4 is 17.5 Å². The van der Waals surface area contributed by atoms with Gasteiger partial charge in [-0.25, -0.2) is 4.39 Å². The number of nitrogens with one attached hydrogen (secondary N) is 1. The number of carbonyl (C=O) groups is 2. The maximum Gasteiger partial charge on any atom is 0.255 e. The molecule has 1 atom stereocenters. The van der Waals surface area contributed by atoms with Gasteiger partial charge in [-0.15, -0.1) is 0 Å². The van der Waals surface area contributed by atoms with Gasteiger partial charge in [0.15, 0.2) is 0 Å². The van der Waals surface area contributed by atoms with Crippen molar-refractivity contribution in [3.8, 4) is 0 Å². The van der Waals surface area contributed by atoms with Crippen molar-refractivity contribution in [1.29, 1.82) is 0 Å².